The molecule has 4 aromatic rings. The van der Waals surface area contributed by atoms with Crippen molar-refractivity contribution in [1.29, 1.82) is 0 Å². The summed E-state index contributed by atoms with van der Waals surface area (Å²) in [5, 5.41) is 25.2. The van der Waals surface area contributed by atoms with Crippen molar-refractivity contribution >= 4 is 67.1 Å². The maximum Gasteiger partial charge on any atom is 1.00 e. The quantitative estimate of drug-likeness (QED) is 0.189. The molecule has 4 aromatic carbocycles. The molecular weight excluding hydrogens is 576 g/mol. The molecule has 196 valence electrons. The fourth-order valence-electron chi connectivity index (χ4n) is 3.80. The Morgan fingerprint density at radius 2 is 1.79 bits per heavy atom. The number of nitrogens with one attached hydrogen (secondary N) is 1. The van der Waals surface area contributed by atoms with Crippen molar-refractivity contribution in [2.75, 3.05) is 11.9 Å². The van der Waals surface area contributed by atoms with Crippen LogP contribution in [0.2, 0.25) is 10.0 Å². The zero-order valence-electron chi connectivity index (χ0n) is 21.0. The molecule has 0 saturated heterocycles. The smallest absolute Gasteiger partial charge is 0.870 e. The summed E-state index contributed by atoms with van der Waals surface area (Å²) in [6, 6.07) is 15.6. The molecule has 0 bridgehead atoms. The normalized spacial score (nSPS) is 11.4. The van der Waals surface area contributed by atoms with Crippen LogP contribution in [0, 0.1) is 6.92 Å². The van der Waals surface area contributed by atoms with Crippen LogP contribution in [0.25, 0.3) is 10.8 Å². The first-order valence-electron chi connectivity index (χ1n) is 11.2. The zero-order valence-corrected chi connectivity index (χ0v) is 25.4. The number of azo groups is 1. The molecule has 0 heterocycles. The average molecular weight is 596 g/mol. The van der Waals surface area contributed by atoms with Crippen LogP contribution in [0.5, 0.6) is 11.5 Å². The molecule has 0 fully saturated rings. The number of hydrogen-bond donors (Lipinski definition) is 2. The number of halogens is 2. The van der Waals surface area contributed by atoms with Crippen LogP contribution >= 0.6 is 23.2 Å². The van der Waals surface area contributed by atoms with Crippen LogP contribution in [0.3, 0.4) is 0 Å². The van der Waals surface area contributed by atoms with Gasteiger partial charge in [0.15, 0.2) is 0 Å². The molecule has 0 radical (unpaired) electrons. The summed E-state index contributed by atoms with van der Waals surface area (Å²) in [6.45, 7) is 3.56. The van der Waals surface area contributed by atoms with Crippen LogP contribution in [0.4, 0.5) is 17.1 Å². The van der Waals surface area contributed by atoms with Gasteiger partial charge in [0.25, 0.3) is 16.0 Å². The molecule has 13 heteroatoms. The largest absolute Gasteiger partial charge is 1.00 e. The van der Waals surface area contributed by atoms with E-state index in [1.54, 1.807) is 49.4 Å². The summed E-state index contributed by atoms with van der Waals surface area (Å²) < 4.78 is 39.1. The second-order valence-electron chi connectivity index (χ2n) is 8.02. The summed E-state index contributed by atoms with van der Waals surface area (Å²) in [4.78, 5) is 12.6. The van der Waals surface area contributed by atoms with Gasteiger partial charge in [-0.3, -0.25) is 9.35 Å². The first-order valence-corrected chi connectivity index (χ1v) is 13.4. The molecule has 0 aromatic heterocycles. The van der Waals surface area contributed by atoms with Crippen molar-refractivity contribution in [2.45, 2.75) is 18.7 Å². The monoisotopic (exact) mass is 595 g/mol. The van der Waals surface area contributed by atoms with Crippen LogP contribution in [0.15, 0.2) is 75.8 Å². The van der Waals surface area contributed by atoms with Gasteiger partial charge in [-0.05, 0) is 55.1 Å². The number of nitrogens with zero attached hydrogens (tertiary/aromatic N) is 2. The Kier molecular flexibility index (Phi) is 10.0. The standard InChI is InChI=1S/C26H21Cl2N3O6S.Na/c1-3-37-21-10-6-9-19(22(21)28)29-26(33)17-13-15-7-4-5-8-16(15)23(24(17)32)31-30-20-12-11-18(27)14(2)25(20)38(34,35)36;/h4-13,32H,3H2,1-2H3,(H,29,33)(H,34,35,36);/q;+1/p-1. The fraction of sp³-hybridized carbons (Fsp3) is 0.115. The topological polar surface area (TPSA) is 140 Å². The van der Waals surface area contributed by atoms with Gasteiger partial charge in [0.1, 0.15) is 21.4 Å². The Hall–Kier alpha value is -2.70. The number of ether oxygens (including phenoxy) is 1. The van der Waals surface area contributed by atoms with Gasteiger partial charge in [0.05, 0.1) is 18.0 Å². The first-order chi connectivity index (χ1) is 18.0. The van der Waals surface area contributed by atoms with E-state index in [1.165, 1.54) is 25.1 Å². The van der Waals surface area contributed by atoms with E-state index >= 15 is 0 Å². The van der Waals surface area contributed by atoms with Gasteiger partial charge in [-0.1, -0.05) is 59.3 Å². The second kappa shape index (κ2) is 12.6. The van der Waals surface area contributed by atoms with E-state index in [9.17, 15) is 22.9 Å². The van der Waals surface area contributed by atoms with Gasteiger partial charge in [-0.25, -0.2) is 0 Å². The Bertz CT molecular complexity index is 1710. The number of hydrogen-bond acceptors (Lipinski definition) is 7. The van der Waals surface area contributed by atoms with Crippen molar-refractivity contribution in [2.24, 2.45) is 10.2 Å². The third kappa shape index (κ3) is 6.55. The summed E-state index contributed by atoms with van der Waals surface area (Å²) in [7, 11) is -4.71. The third-order valence-electron chi connectivity index (χ3n) is 5.57. The van der Waals surface area contributed by atoms with E-state index in [0.29, 0.717) is 23.1 Å². The number of anilines is 1. The molecule has 4 rings (SSSR count). The van der Waals surface area contributed by atoms with E-state index in [2.05, 4.69) is 15.5 Å². The van der Waals surface area contributed by atoms with Crippen molar-refractivity contribution in [1.82, 2.24) is 0 Å². The number of carbonyl (C=O) groups is 1. The summed E-state index contributed by atoms with van der Waals surface area (Å²) in [6.07, 6.45) is 0. The minimum Gasteiger partial charge on any atom is -0.870 e. The minimum atomic E-state index is -4.71. The third-order valence-corrected chi connectivity index (χ3v) is 7.40. The number of benzene rings is 4. The molecular formula is C26H20Cl2N3NaO6S. The van der Waals surface area contributed by atoms with Crippen molar-refractivity contribution in [3.05, 3.63) is 81.8 Å². The molecule has 2 N–H and O–H groups in total. The van der Waals surface area contributed by atoms with Crippen LogP contribution < -0.4 is 44.7 Å². The van der Waals surface area contributed by atoms with Gasteiger partial charge in [0, 0.05) is 16.0 Å². The van der Waals surface area contributed by atoms with Gasteiger partial charge in [-0.2, -0.15) is 13.5 Å². The molecule has 0 aliphatic heterocycles. The predicted octanol–water partition coefficient (Wildman–Crippen LogP) is 3.85. The van der Waals surface area contributed by atoms with Crippen LogP contribution in [-0.4, -0.2) is 25.5 Å². The Labute approximate surface area is 256 Å². The molecule has 0 aliphatic rings. The average Bonchev–Trinajstić information content (AvgIpc) is 2.86. The van der Waals surface area contributed by atoms with Gasteiger partial charge >= 0.3 is 29.6 Å². The molecule has 0 unspecified atom stereocenters. The Morgan fingerprint density at radius 3 is 2.49 bits per heavy atom. The van der Waals surface area contributed by atoms with Crippen molar-refractivity contribution < 1.29 is 57.2 Å². The number of rotatable bonds is 7. The van der Waals surface area contributed by atoms with E-state index in [4.69, 9.17) is 27.9 Å². The maximum absolute atomic E-state index is 13.4. The number of fused-ring (bicyclic) bond motifs is 1. The predicted molar refractivity (Wildman–Crippen MR) is 144 cm³/mol. The van der Waals surface area contributed by atoms with Crippen molar-refractivity contribution in [3.63, 3.8) is 0 Å². The first kappa shape index (κ1) is 30.8. The van der Waals surface area contributed by atoms with E-state index < -0.39 is 26.7 Å². The van der Waals surface area contributed by atoms with Crippen LogP contribution in [0.1, 0.15) is 22.8 Å². The fourth-order valence-corrected chi connectivity index (χ4v) is 5.11. The molecule has 39 heavy (non-hydrogen) atoms. The van der Waals surface area contributed by atoms with E-state index in [0.717, 1.165) is 0 Å². The van der Waals surface area contributed by atoms with E-state index in [-0.39, 0.29) is 67.8 Å². The van der Waals surface area contributed by atoms with Gasteiger partial charge < -0.3 is 15.2 Å². The maximum atomic E-state index is 13.4. The second-order valence-corrected chi connectivity index (χ2v) is 10.2. The van der Waals surface area contributed by atoms with Crippen LogP contribution in [-0.2, 0) is 10.1 Å². The van der Waals surface area contributed by atoms with Gasteiger partial charge in [0.2, 0.25) is 0 Å². The SMILES string of the molecule is CCOc1cccc(NC(=O)c2cc3ccccc3c(N=Nc3ccc(Cl)c(C)c3S(=O)(=O)O)c2[O-])c1Cl.[Na+]. The van der Waals surface area contributed by atoms with E-state index in [1.807, 2.05) is 0 Å². The Morgan fingerprint density at radius 1 is 1.08 bits per heavy atom. The van der Waals surface area contributed by atoms with Crippen molar-refractivity contribution in [3.8, 4) is 11.5 Å². The zero-order chi connectivity index (χ0) is 27.6. The number of carbonyl (C=O) groups excluding carboxylic acids is 1. The molecule has 0 aliphatic carbocycles. The number of amides is 1. The summed E-state index contributed by atoms with van der Waals surface area (Å²) in [5.74, 6) is -1.12. The summed E-state index contributed by atoms with van der Waals surface area (Å²) in [5.41, 5.74) is -0.355. The molecule has 0 spiro atoms. The minimum absolute atomic E-state index is 0. The molecule has 1 amide bonds. The van der Waals surface area contributed by atoms with Gasteiger partial charge in [-0.15, -0.1) is 5.11 Å². The molecule has 9 nitrogen and oxygen atoms in total. The Balaban J connectivity index is 0.00000420. The molecule has 0 atom stereocenters. The summed E-state index contributed by atoms with van der Waals surface area (Å²) >= 11 is 12.4. The molecule has 0 saturated carbocycles.